The second-order valence-corrected chi connectivity index (χ2v) is 5.72. The van der Waals surface area contributed by atoms with Crippen LogP contribution in [0, 0.1) is 5.92 Å². The first kappa shape index (κ1) is 11.9. The van der Waals surface area contributed by atoms with E-state index in [1.54, 1.807) is 6.33 Å². The van der Waals surface area contributed by atoms with Crippen LogP contribution in [0.5, 0.6) is 0 Å². The van der Waals surface area contributed by atoms with Gasteiger partial charge in [0.15, 0.2) is 0 Å². The van der Waals surface area contributed by atoms with Crippen molar-refractivity contribution in [3.8, 4) is 0 Å². The zero-order valence-electron chi connectivity index (χ0n) is 11.1. The van der Waals surface area contributed by atoms with Crippen molar-refractivity contribution < 1.29 is 0 Å². The molecule has 2 aliphatic rings. The topological polar surface area (TPSA) is 37.8 Å². The molecule has 1 heterocycles. The van der Waals surface area contributed by atoms with Gasteiger partial charge in [-0.15, -0.1) is 0 Å². The molecule has 0 atom stereocenters. The first-order valence-corrected chi connectivity index (χ1v) is 7.50. The molecule has 1 aromatic heterocycles. The average molecular weight is 245 g/mol. The Morgan fingerprint density at radius 1 is 1.06 bits per heavy atom. The first-order chi connectivity index (χ1) is 8.93. The molecule has 0 unspecified atom stereocenters. The van der Waals surface area contributed by atoms with Crippen molar-refractivity contribution in [2.24, 2.45) is 5.92 Å². The van der Waals surface area contributed by atoms with Crippen LogP contribution in [0.15, 0.2) is 6.33 Å². The monoisotopic (exact) mass is 245 g/mol. The predicted molar refractivity (Wildman–Crippen MR) is 73.7 cm³/mol. The van der Waals surface area contributed by atoms with E-state index in [4.69, 9.17) is 0 Å². The zero-order chi connectivity index (χ0) is 12.2. The maximum atomic E-state index is 4.46. The number of rotatable bonds is 4. The fourth-order valence-corrected chi connectivity index (χ4v) is 3.03. The summed E-state index contributed by atoms with van der Waals surface area (Å²) in [6, 6.07) is 0. The number of hydrogen-bond donors (Lipinski definition) is 1. The molecule has 2 aliphatic carbocycles. The molecule has 98 valence electrons. The Labute approximate surface area is 109 Å². The normalized spacial score (nSPS) is 19.8. The Hall–Kier alpha value is -1.12. The summed E-state index contributed by atoms with van der Waals surface area (Å²) >= 11 is 0. The third-order valence-electron chi connectivity index (χ3n) is 4.44. The van der Waals surface area contributed by atoms with Crippen LogP contribution in [0.2, 0.25) is 0 Å². The van der Waals surface area contributed by atoms with Crippen molar-refractivity contribution in [2.75, 3.05) is 11.9 Å². The van der Waals surface area contributed by atoms with Crippen LogP contribution >= 0.6 is 0 Å². The highest BCUT2D eigenvalue weighted by atomic mass is 15.0. The summed E-state index contributed by atoms with van der Waals surface area (Å²) in [6.07, 6.45) is 13.5. The summed E-state index contributed by atoms with van der Waals surface area (Å²) in [5.41, 5.74) is 2.68. The van der Waals surface area contributed by atoms with E-state index in [9.17, 15) is 0 Å². The SMILES string of the molecule is c1nc2c(c(NCCC3CCC3)n1)CCCCC2. The van der Waals surface area contributed by atoms with Crippen molar-refractivity contribution in [3.05, 3.63) is 17.6 Å². The molecule has 0 aliphatic heterocycles. The quantitative estimate of drug-likeness (QED) is 0.827. The van der Waals surface area contributed by atoms with Gasteiger partial charge in [-0.3, -0.25) is 0 Å². The molecule has 1 saturated carbocycles. The molecule has 3 heteroatoms. The lowest BCUT2D eigenvalue weighted by atomic mass is 9.83. The minimum atomic E-state index is 0.970. The molecule has 0 aromatic carbocycles. The minimum Gasteiger partial charge on any atom is -0.370 e. The third kappa shape index (κ3) is 2.65. The Bertz CT molecular complexity index is 399. The summed E-state index contributed by atoms with van der Waals surface area (Å²) in [6.45, 7) is 1.08. The van der Waals surface area contributed by atoms with E-state index in [1.807, 2.05) is 0 Å². The summed E-state index contributed by atoms with van der Waals surface area (Å²) in [7, 11) is 0. The lowest BCUT2D eigenvalue weighted by Crippen LogP contribution is -2.17. The molecular formula is C15H23N3. The van der Waals surface area contributed by atoms with Crippen LogP contribution < -0.4 is 5.32 Å². The van der Waals surface area contributed by atoms with E-state index in [2.05, 4.69) is 15.3 Å². The average Bonchev–Trinajstić information content (AvgIpc) is 2.58. The van der Waals surface area contributed by atoms with E-state index in [-0.39, 0.29) is 0 Å². The van der Waals surface area contributed by atoms with Gasteiger partial charge in [-0.2, -0.15) is 0 Å². The Morgan fingerprint density at radius 2 is 1.94 bits per heavy atom. The van der Waals surface area contributed by atoms with Crippen molar-refractivity contribution in [1.29, 1.82) is 0 Å². The summed E-state index contributed by atoms with van der Waals surface area (Å²) < 4.78 is 0. The molecule has 0 radical (unpaired) electrons. The summed E-state index contributed by atoms with van der Waals surface area (Å²) in [4.78, 5) is 8.91. The standard InChI is InChI=1S/C15H23N3/c1-2-7-13-14(8-3-1)17-11-18-15(13)16-10-9-12-5-4-6-12/h11-12H,1-10H2,(H,16,17,18). The number of nitrogens with one attached hydrogen (secondary N) is 1. The number of nitrogens with zero attached hydrogens (tertiary/aromatic N) is 2. The first-order valence-electron chi connectivity index (χ1n) is 7.50. The van der Waals surface area contributed by atoms with Crippen LogP contribution in [0.3, 0.4) is 0 Å². The van der Waals surface area contributed by atoms with Gasteiger partial charge in [-0.25, -0.2) is 9.97 Å². The van der Waals surface area contributed by atoms with Crippen LogP contribution in [0.4, 0.5) is 5.82 Å². The van der Waals surface area contributed by atoms with E-state index >= 15 is 0 Å². The molecule has 0 spiro atoms. The van der Waals surface area contributed by atoms with E-state index in [0.717, 1.165) is 31.1 Å². The molecule has 0 bridgehead atoms. The highest BCUT2D eigenvalue weighted by Gasteiger charge is 2.18. The minimum absolute atomic E-state index is 0.970. The highest BCUT2D eigenvalue weighted by Crippen LogP contribution is 2.29. The highest BCUT2D eigenvalue weighted by molar-refractivity contribution is 5.46. The number of hydrogen-bond acceptors (Lipinski definition) is 3. The Balaban J connectivity index is 1.63. The molecule has 3 rings (SSSR count). The molecule has 0 saturated heterocycles. The van der Waals surface area contributed by atoms with Gasteiger partial charge in [0.25, 0.3) is 0 Å². The molecule has 18 heavy (non-hydrogen) atoms. The number of aryl methyl sites for hydroxylation is 1. The van der Waals surface area contributed by atoms with Gasteiger partial charge in [0, 0.05) is 17.8 Å². The molecule has 3 nitrogen and oxygen atoms in total. The fraction of sp³-hybridized carbons (Fsp3) is 0.733. The third-order valence-corrected chi connectivity index (χ3v) is 4.44. The molecular weight excluding hydrogens is 222 g/mol. The maximum Gasteiger partial charge on any atom is 0.132 e. The van der Waals surface area contributed by atoms with Crippen molar-refractivity contribution in [3.63, 3.8) is 0 Å². The molecule has 1 fully saturated rings. The number of aromatic nitrogens is 2. The van der Waals surface area contributed by atoms with Crippen LogP contribution in [0.1, 0.15) is 56.2 Å². The summed E-state index contributed by atoms with van der Waals surface area (Å²) in [5, 5.41) is 3.55. The van der Waals surface area contributed by atoms with Crippen molar-refractivity contribution >= 4 is 5.82 Å². The molecule has 1 N–H and O–H groups in total. The number of fused-ring (bicyclic) bond motifs is 1. The molecule has 0 amide bonds. The number of anilines is 1. The van der Waals surface area contributed by atoms with E-state index in [0.29, 0.717) is 0 Å². The van der Waals surface area contributed by atoms with Gasteiger partial charge in [-0.05, 0) is 38.0 Å². The van der Waals surface area contributed by atoms with Gasteiger partial charge in [0.05, 0.1) is 0 Å². The lowest BCUT2D eigenvalue weighted by Gasteiger charge is -2.25. The Morgan fingerprint density at radius 3 is 2.78 bits per heavy atom. The van der Waals surface area contributed by atoms with Crippen molar-refractivity contribution in [2.45, 2.75) is 57.8 Å². The molecule has 1 aromatic rings. The van der Waals surface area contributed by atoms with Gasteiger partial charge in [0.1, 0.15) is 12.1 Å². The van der Waals surface area contributed by atoms with Gasteiger partial charge >= 0.3 is 0 Å². The lowest BCUT2D eigenvalue weighted by molar-refractivity contribution is 0.303. The fourth-order valence-electron chi connectivity index (χ4n) is 3.03. The second-order valence-electron chi connectivity index (χ2n) is 5.72. The maximum absolute atomic E-state index is 4.46. The van der Waals surface area contributed by atoms with Crippen LogP contribution in [-0.2, 0) is 12.8 Å². The van der Waals surface area contributed by atoms with Gasteiger partial charge in [-0.1, -0.05) is 25.7 Å². The zero-order valence-corrected chi connectivity index (χ0v) is 11.1. The smallest absolute Gasteiger partial charge is 0.132 e. The largest absolute Gasteiger partial charge is 0.370 e. The van der Waals surface area contributed by atoms with Crippen LogP contribution in [-0.4, -0.2) is 16.5 Å². The predicted octanol–water partition coefficient (Wildman–Crippen LogP) is 3.35. The second kappa shape index (κ2) is 5.68. The van der Waals surface area contributed by atoms with Gasteiger partial charge in [0.2, 0.25) is 0 Å². The Kier molecular flexibility index (Phi) is 3.77. The van der Waals surface area contributed by atoms with Crippen LogP contribution in [0.25, 0.3) is 0 Å². The summed E-state index contributed by atoms with van der Waals surface area (Å²) in [5.74, 6) is 2.08. The van der Waals surface area contributed by atoms with E-state index < -0.39 is 0 Å². The van der Waals surface area contributed by atoms with E-state index in [1.165, 1.54) is 56.2 Å². The van der Waals surface area contributed by atoms with Crippen molar-refractivity contribution in [1.82, 2.24) is 9.97 Å². The van der Waals surface area contributed by atoms with Gasteiger partial charge < -0.3 is 5.32 Å².